The van der Waals surface area contributed by atoms with E-state index in [0.717, 1.165) is 11.3 Å². The highest BCUT2D eigenvalue weighted by molar-refractivity contribution is 5.78. The Morgan fingerprint density at radius 2 is 2.07 bits per heavy atom. The molecule has 0 saturated carbocycles. The van der Waals surface area contributed by atoms with Crippen molar-refractivity contribution in [3.63, 3.8) is 0 Å². The van der Waals surface area contributed by atoms with Crippen LogP contribution in [-0.2, 0) is 11.2 Å². The van der Waals surface area contributed by atoms with Crippen molar-refractivity contribution in [3.8, 4) is 5.75 Å². The van der Waals surface area contributed by atoms with Crippen molar-refractivity contribution in [1.82, 2.24) is 0 Å². The Morgan fingerprint density at radius 1 is 1.50 bits per heavy atom. The topological polar surface area (TPSA) is 72.6 Å². The molecular weight excluding hydrogens is 182 g/mol. The van der Waals surface area contributed by atoms with E-state index in [0.29, 0.717) is 0 Å². The summed E-state index contributed by atoms with van der Waals surface area (Å²) in [5.41, 5.74) is 5.77. The van der Waals surface area contributed by atoms with Crippen LogP contribution < -0.4 is 10.5 Å². The van der Waals surface area contributed by atoms with Crippen LogP contribution in [0.4, 0.5) is 0 Å². The maximum absolute atomic E-state index is 10.6. The monoisotopic (exact) mass is 195 g/mol. The van der Waals surface area contributed by atoms with Crippen LogP contribution in [0.3, 0.4) is 0 Å². The van der Waals surface area contributed by atoms with Crippen LogP contribution in [0.15, 0.2) is 24.3 Å². The Hall–Kier alpha value is -1.55. The summed E-state index contributed by atoms with van der Waals surface area (Å²) < 4.78 is 4.97. The molecule has 4 nitrogen and oxygen atoms in total. The number of primary amides is 1. The van der Waals surface area contributed by atoms with E-state index in [1.807, 2.05) is 0 Å². The molecule has 0 aliphatic rings. The van der Waals surface area contributed by atoms with Crippen LogP contribution in [0.25, 0.3) is 0 Å². The number of methoxy groups -OCH3 is 1. The predicted octanol–water partition coefficient (Wildman–Crippen LogP) is 0.0839. The molecule has 76 valence electrons. The minimum Gasteiger partial charge on any atom is -0.497 e. The van der Waals surface area contributed by atoms with E-state index in [1.54, 1.807) is 31.4 Å². The number of hydrogen-bond donors (Lipinski definition) is 2. The van der Waals surface area contributed by atoms with Crippen LogP contribution in [0.1, 0.15) is 5.56 Å². The zero-order chi connectivity index (χ0) is 10.6. The fraction of sp³-hybridized carbons (Fsp3) is 0.300. The maximum Gasteiger partial charge on any atom is 0.246 e. The van der Waals surface area contributed by atoms with Crippen molar-refractivity contribution in [2.75, 3.05) is 7.11 Å². The Kier molecular flexibility index (Phi) is 3.48. The van der Waals surface area contributed by atoms with E-state index in [2.05, 4.69) is 0 Å². The van der Waals surface area contributed by atoms with Gasteiger partial charge in [-0.2, -0.15) is 0 Å². The summed E-state index contributed by atoms with van der Waals surface area (Å²) in [6.45, 7) is 0. The second-order valence-corrected chi connectivity index (χ2v) is 2.97. The molecule has 0 spiro atoms. The van der Waals surface area contributed by atoms with Crippen molar-refractivity contribution < 1.29 is 14.6 Å². The number of nitrogens with two attached hydrogens (primary N) is 1. The van der Waals surface area contributed by atoms with Crippen LogP contribution in [0.2, 0.25) is 0 Å². The highest BCUT2D eigenvalue weighted by Crippen LogP contribution is 2.12. The second-order valence-electron chi connectivity index (χ2n) is 2.97. The van der Waals surface area contributed by atoms with Gasteiger partial charge in [0.1, 0.15) is 11.9 Å². The van der Waals surface area contributed by atoms with Crippen LogP contribution in [0, 0.1) is 0 Å². The molecule has 14 heavy (non-hydrogen) atoms. The molecule has 1 aromatic carbocycles. The van der Waals surface area contributed by atoms with E-state index in [1.165, 1.54) is 0 Å². The first-order valence-corrected chi connectivity index (χ1v) is 4.24. The normalized spacial score (nSPS) is 12.1. The lowest BCUT2D eigenvalue weighted by Gasteiger charge is -2.06. The van der Waals surface area contributed by atoms with Crippen molar-refractivity contribution in [1.29, 1.82) is 0 Å². The van der Waals surface area contributed by atoms with Crippen molar-refractivity contribution in [3.05, 3.63) is 29.8 Å². The third-order valence-electron chi connectivity index (χ3n) is 1.92. The van der Waals surface area contributed by atoms with Gasteiger partial charge < -0.3 is 15.6 Å². The van der Waals surface area contributed by atoms with Crippen LogP contribution in [0.5, 0.6) is 5.75 Å². The number of rotatable bonds is 4. The second kappa shape index (κ2) is 4.62. The Labute approximate surface area is 82.3 Å². The first kappa shape index (κ1) is 10.5. The molecule has 1 atom stereocenters. The lowest BCUT2D eigenvalue weighted by molar-refractivity contribution is -0.125. The highest BCUT2D eigenvalue weighted by atomic mass is 16.5. The minimum absolute atomic E-state index is 0.235. The molecule has 0 fully saturated rings. The maximum atomic E-state index is 10.6. The number of amides is 1. The molecule has 4 heteroatoms. The standard InChI is InChI=1S/C10H13NO3/c1-14-8-4-2-7(3-5-8)6-9(12)10(11)13/h2-5,9,12H,6H2,1H3,(H2,11,13). The molecule has 0 aromatic heterocycles. The summed E-state index contributed by atoms with van der Waals surface area (Å²) in [5.74, 6) is 0.0307. The Morgan fingerprint density at radius 3 is 2.50 bits per heavy atom. The molecule has 0 radical (unpaired) electrons. The van der Waals surface area contributed by atoms with Gasteiger partial charge in [-0.15, -0.1) is 0 Å². The zero-order valence-electron chi connectivity index (χ0n) is 7.93. The molecule has 3 N–H and O–H groups in total. The number of aliphatic hydroxyl groups is 1. The summed E-state index contributed by atoms with van der Waals surface area (Å²) in [7, 11) is 1.58. The van der Waals surface area contributed by atoms with Gasteiger partial charge in [0.2, 0.25) is 5.91 Å². The summed E-state index contributed by atoms with van der Waals surface area (Å²) in [6.07, 6.45) is -0.886. The average molecular weight is 195 g/mol. The minimum atomic E-state index is -1.12. The first-order chi connectivity index (χ1) is 6.63. The number of hydrogen-bond acceptors (Lipinski definition) is 3. The van der Waals surface area contributed by atoms with Crippen molar-refractivity contribution >= 4 is 5.91 Å². The summed E-state index contributed by atoms with van der Waals surface area (Å²) in [5, 5.41) is 9.20. The lowest BCUT2D eigenvalue weighted by Crippen LogP contribution is -2.29. The average Bonchev–Trinajstić information content (AvgIpc) is 2.19. The van der Waals surface area contributed by atoms with Crippen LogP contribution >= 0.6 is 0 Å². The van der Waals surface area contributed by atoms with Gasteiger partial charge in [-0.05, 0) is 17.7 Å². The van der Waals surface area contributed by atoms with Gasteiger partial charge in [0, 0.05) is 6.42 Å². The molecule has 1 unspecified atom stereocenters. The number of ether oxygens (including phenoxy) is 1. The fourth-order valence-corrected chi connectivity index (χ4v) is 1.09. The third kappa shape index (κ3) is 2.74. The fourth-order valence-electron chi connectivity index (χ4n) is 1.09. The lowest BCUT2D eigenvalue weighted by atomic mass is 10.1. The Bertz CT molecular complexity index is 308. The first-order valence-electron chi connectivity index (χ1n) is 4.24. The molecule has 0 aliphatic carbocycles. The molecule has 0 aliphatic heterocycles. The molecular formula is C10H13NO3. The van der Waals surface area contributed by atoms with Gasteiger partial charge in [0.15, 0.2) is 0 Å². The van der Waals surface area contributed by atoms with E-state index < -0.39 is 12.0 Å². The molecule has 1 amide bonds. The highest BCUT2D eigenvalue weighted by Gasteiger charge is 2.10. The molecule has 0 bridgehead atoms. The van der Waals surface area contributed by atoms with Gasteiger partial charge in [0.05, 0.1) is 7.11 Å². The van der Waals surface area contributed by atoms with E-state index in [-0.39, 0.29) is 6.42 Å². The molecule has 1 rings (SSSR count). The smallest absolute Gasteiger partial charge is 0.246 e. The number of aliphatic hydroxyl groups excluding tert-OH is 1. The number of carbonyl (C=O) groups excluding carboxylic acids is 1. The largest absolute Gasteiger partial charge is 0.497 e. The van der Waals surface area contributed by atoms with Crippen molar-refractivity contribution in [2.45, 2.75) is 12.5 Å². The summed E-state index contributed by atoms with van der Waals surface area (Å²) in [4.78, 5) is 10.6. The summed E-state index contributed by atoms with van der Waals surface area (Å²) >= 11 is 0. The summed E-state index contributed by atoms with van der Waals surface area (Å²) in [6, 6.07) is 7.10. The predicted molar refractivity (Wildman–Crippen MR) is 51.9 cm³/mol. The van der Waals surface area contributed by atoms with Gasteiger partial charge in [-0.3, -0.25) is 4.79 Å². The zero-order valence-corrected chi connectivity index (χ0v) is 7.93. The third-order valence-corrected chi connectivity index (χ3v) is 1.92. The molecule has 0 heterocycles. The quantitative estimate of drug-likeness (QED) is 0.714. The van der Waals surface area contributed by atoms with E-state index in [4.69, 9.17) is 10.5 Å². The van der Waals surface area contributed by atoms with Gasteiger partial charge in [0.25, 0.3) is 0 Å². The van der Waals surface area contributed by atoms with Gasteiger partial charge in [-0.1, -0.05) is 12.1 Å². The van der Waals surface area contributed by atoms with E-state index in [9.17, 15) is 9.90 Å². The number of carbonyl (C=O) groups is 1. The molecule has 0 saturated heterocycles. The van der Waals surface area contributed by atoms with Crippen LogP contribution in [-0.4, -0.2) is 24.2 Å². The Balaban J connectivity index is 2.64. The van der Waals surface area contributed by atoms with Gasteiger partial charge >= 0.3 is 0 Å². The molecule has 1 aromatic rings. The van der Waals surface area contributed by atoms with E-state index >= 15 is 0 Å². The SMILES string of the molecule is COc1ccc(CC(O)C(N)=O)cc1. The number of benzene rings is 1. The van der Waals surface area contributed by atoms with Crippen molar-refractivity contribution in [2.24, 2.45) is 5.73 Å². The van der Waals surface area contributed by atoms with Gasteiger partial charge in [-0.25, -0.2) is 0 Å².